The SMILES string of the molecule is C=C/C=C\C(=C/C)[C@@H](CCC(C)C)[C@H](C)OC(=O)[C@H](C)NC(=O)c1nccc(OC)c1OCOC(C)=O. The molecule has 3 atom stereocenters. The molecule has 1 heterocycles. The fourth-order valence-corrected chi connectivity index (χ4v) is 3.55. The number of carbonyl (C=O) groups excluding carboxylic acids is 3. The summed E-state index contributed by atoms with van der Waals surface area (Å²) in [7, 11) is 1.40. The molecular weight excluding hydrogens is 476 g/mol. The number of allylic oxidation sites excluding steroid dienone is 4. The average Bonchev–Trinajstić information content (AvgIpc) is 2.85. The molecule has 0 saturated carbocycles. The largest absolute Gasteiger partial charge is 0.493 e. The summed E-state index contributed by atoms with van der Waals surface area (Å²) in [6, 6.07) is 0.531. The Morgan fingerprint density at radius 1 is 1.16 bits per heavy atom. The van der Waals surface area contributed by atoms with Gasteiger partial charge in [-0.05, 0) is 38.7 Å². The number of hydrogen-bond acceptors (Lipinski definition) is 8. The Labute approximate surface area is 219 Å². The zero-order chi connectivity index (χ0) is 28.0. The van der Waals surface area contributed by atoms with E-state index in [1.54, 1.807) is 6.08 Å². The molecular formula is C28H40N2O7. The van der Waals surface area contributed by atoms with E-state index < -0.39 is 36.8 Å². The smallest absolute Gasteiger partial charge is 0.328 e. The van der Waals surface area contributed by atoms with Gasteiger partial charge in [0.25, 0.3) is 5.91 Å². The van der Waals surface area contributed by atoms with Gasteiger partial charge in [0.15, 0.2) is 17.2 Å². The van der Waals surface area contributed by atoms with Crippen molar-refractivity contribution < 1.29 is 33.3 Å². The number of methoxy groups -OCH3 is 1. The summed E-state index contributed by atoms with van der Waals surface area (Å²) >= 11 is 0. The molecule has 0 aliphatic rings. The van der Waals surface area contributed by atoms with Crippen LogP contribution < -0.4 is 14.8 Å². The first kappa shape index (κ1) is 31.4. The highest BCUT2D eigenvalue weighted by molar-refractivity contribution is 5.98. The summed E-state index contributed by atoms with van der Waals surface area (Å²) in [4.78, 5) is 41.0. The first-order chi connectivity index (χ1) is 17.5. The predicted octanol–water partition coefficient (Wildman–Crippen LogP) is 4.78. The maximum Gasteiger partial charge on any atom is 0.328 e. The fourth-order valence-electron chi connectivity index (χ4n) is 3.55. The lowest BCUT2D eigenvalue weighted by molar-refractivity contribution is -0.152. The number of pyridine rings is 1. The van der Waals surface area contributed by atoms with Gasteiger partial charge in [0, 0.05) is 25.1 Å². The highest BCUT2D eigenvalue weighted by Crippen LogP contribution is 2.30. The molecule has 1 amide bonds. The summed E-state index contributed by atoms with van der Waals surface area (Å²) in [5.41, 5.74) is 0.924. The van der Waals surface area contributed by atoms with Gasteiger partial charge in [-0.2, -0.15) is 0 Å². The van der Waals surface area contributed by atoms with Gasteiger partial charge in [0.05, 0.1) is 7.11 Å². The van der Waals surface area contributed by atoms with Crippen LogP contribution in [0.1, 0.15) is 64.9 Å². The van der Waals surface area contributed by atoms with Crippen LogP contribution >= 0.6 is 0 Å². The second kappa shape index (κ2) is 16.2. The average molecular weight is 517 g/mol. The number of esters is 2. The van der Waals surface area contributed by atoms with Gasteiger partial charge < -0.3 is 24.3 Å². The van der Waals surface area contributed by atoms with E-state index in [2.05, 4.69) is 30.7 Å². The molecule has 0 unspecified atom stereocenters. The van der Waals surface area contributed by atoms with Gasteiger partial charge in [-0.1, -0.05) is 51.2 Å². The molecule has 1 aromatic rings. The van der Waals surface area contributed by atoms with E-state index >= 15 is 0 Å². The number of nitrogens with one attached hydrogen (secondary N) is 1. The van der Waals surface area contributed by atoms with Crippen molar-refractivity contribution in [2.45, 2.75) is 66.5 Å². The summed E-state index contributed by atoms with van der Waals surface area (Å²) in [5, 5.41) is 2.60. The Morgan fingerprint density at radius 2 is 1.86 bits per heavy atom. The fraction of sp³-hybridized carbons (Fsp3) is 0.500. The maximum absolute atomic E-state index is 13.0. The van der Waals surface area contributed by atoms with Crippen LogP contribution in [0.5, 0.6) is 11.5 Å². The zero-order valence-corrected chi connectivity index (χ0v) is 22.9. The first-order valence-corrected chi connectivity index (χ1v) is 12.3. The monoisotopic (exact) mass is 516 g/mol. The number of hydrogen-bond donors (Lipinski definition) is 1. The Kier molecular flexibility index (Phi) is 13.7. The van der Waals surface area contributed by atoms with Gasteiger partial charge in [0.2, 0.25) is 6.79 Å². The molecule has 0 aliphatic carbocycles. The number of amides is 1. The standard InChI is InChI=1S/C28H40N2O7/c1-9-11-12-22(10-2)23(14-13-18(3)4)20(6)37-28(33)19(5)30-27(32)25-26(36-17-35-21(7)31)24(34-8)15-16-29-25/h9-12,15-16,18-20,23H,1,13-14,17H2,2-8H3,(H,30,32)/b12-11-,22-10+/t19-,20-,23-/m0/s1. The van der Waals surface area contributed by atoms with Crippen molar-refractivity contribution >= 4 is 17.8 Å². The van der Waals surface area contributed by atoms with Crippen molar-refractivity contribution in [1.82, 2.24) is 10.3 Å². The molecule has 9 heteroatoms. The Hall–Kier alpha value is -3.62. The molecule has 9 nitrogen and oxygen atoms in total. The van der Waals surface area contributed by atoms with Crippen molar-refractivity contribution in [3.63, 3.8) is 0 Å². The van der Waals surface area contributed by atoms with Crippen LogP contribution in [0.25, 0.3) is 0 Å². The topological polar surface area (TPSA) is 113 Å². The van der Waals surface area contributed by atoms with E-state index in [9.17, 15) is 14.4 Å². The second-order valence-electron chi connectivity index (χ2n) is 8.89. The Balaban J connectivity index is 2.99. The molecule has 1 aromatic heterocycles. The minimum absolute atomic E-state index is 0.0156. The lowest BCUT2D eigenvalue weighted by atomic mass is 9.86. The van der Waals surface area contributed by atoms with E-state index in [4.69, 9.17) is 18.9 Å². The van der Waals surface area contributed by atoms with Crippen LogP contribution in [0.15, 0.2) is 48.7 Å². The van der Waals surface area contributed by atoms with E-state index in [-0.39, 0.29) is 23.1 Å². The molecule has 204 valence electrons. The van der Waals surface area contributed by atoms with Crippen molar-refractivity contribution in [2.75, 3.05) is 13.9 Å². The quantitative estimate of drug-likeness (QED) is 0.201. The first-order valence-electron chi connectivity index (χ1n) is 12.3. The number of ether oxygens (including phenoxy) is 4. The van der Waals surface area contributed by atoms with Crippen molar-refractivity contribution in [1.29, 1.82) is 0 Å². The summed E-state index contributed by atoms with van der Waals surface area (Å²) in [5.74, 6) is -1.12. The molecule has 0 saturated heterocycles. The van der Waals surface area contributed by atoms with Gasteiger partial charge in [-0.15, -0.1) is 0 Å². The molecule has 0 aliphatic heterocycles. The van der Waals surface area contributed by atoms with Crippen LogP contribution in [0.4, 0.5) is 0 Å². The summed E-state index contributed by atoms with van der Waals surface area (Å²) in [6.07, 6.45) is 10.3. The summed E-state index contributed by atoms with van der Waals surface area (Å²) < 4.78 is 21.2. The number of aromatic nitrogens is 1. The molecule has 0 aromatic carbocycles. The van der Waals surface area contributed by atoms with E-state index in [0.717, 1.165) is 18.4 Å². The molecule has 0 spiro atoms. The zero-order valence-electron chi connectivity index (χ0n) is 22.9. The Morgan fingerprint density at radius 3 is 2.43 bits per heavy atom. The van der Waals surface area contributed by atoms with Gasteiger partial charge in [-0.3, -0.25) is 9.59 Å². The lowest BCUT2D eigenvalue weighted by Crippen LogP contribution is -2.42. The van der Waals surface area contributed by atoms with E-state index in [1.807, 2.05) is 32.1 Å². The van der Waals surface area contributed by atoms with Gasteiger partial charge in [0.1, 0.15) is 12.1 Å². The van der Waals surface area contributed by atoms with Gasteiger partial charge in [-0.25, -0.2) is 9.78 Å². The van der Waals surface area contributed by atoms with Crippen LogP contribution in [0.2, 0.25) is 0 Å². The van der Waals surface area contributed by atoms with E-state index in [0.29, 0.717) is 5.92 Å². The minimum Gasteiger partial charge on any atom is -0.493 e. The maximum atomic E-state index is 13.0. The summed E-state index contributed by atoms with van der Waals surface area (Å²) in [6.45, 7) is 14.2. The molecule has 37 heavy (non-hydrogen) atoms. The molecule has 0 bridgehead atoms. The lowest BCUT2D eigenvalue weighted by Gasteiger charge is -2.27. The third-order valence-electron chi connectivity index (χ3n) is 5.58. The molecule has 0 fully saturated rings. The van der Waals surface area contributed by atoms with Crippen molar-refractivity contribution in [3.8, 4) is 11.5 Å². The normalized spacial score (nSPS) is 14.0. The van der Waals surface area contributed by atoms with Gasteiger partial charge >= 0.3 is 11.9 Å². The predicted molar refractivity (Wildman–Crippen MR) is 141 cm³/mol. The molecule has 0 radical (unpaired) electrons. The highest BCUT2D eigenvalue weighted by atomic mass is 16.7. The molecule has 1 N–H and O–H groups in total. The van der Waals surface area contributed by atoms with Crippen LogP contribution in [0, 0.1) is 11.8 Å². The van der Waals surface area contributed by atoms with E-state index in [1.165, 1.54) is 33.2 Å². The highest BCUT2D eigenvalue weighted by Gasteiger charge is 2.28. The minimum atomic E-state index is -0.965. The molecule has 1 rings (SSSR count). The Bertz CT molecular complexity index is 985. The van der Waals surface area contributed by atoms with Crippen molar-refractivity contribution in [3.05, 3.63) is 54.4 Å². The number of nitrogens with zero attached hydrogens (tertiary/aromatic N) is 1. The van der Waals surface area contributed by atoms with Crippen molar-refractivity contribution in [2.24, 2.45) is 11.8 Å². The number of carbonyl (C=O) groups is 3. The third-order valence-corrected chi connectivity index (χ3v) is 5.58. The van der Waals surface area contributed by atoms with Crippen LogP contribution in [-0.4, -0.2) is 48.9 Å². The van der Waals surface area contributed by atoms with Crippen LogP contribution in [-0.2, 0) is 19.1 Å². The number of rotatable bonds is 15. The second-order valence-corrected chi connectivity index (χ2v) is 8.89. The van der Waals surface area contributed by atoms with Crippen LogP contribution in [0.3, 0.4) is 0 Å². The third kappa shape index (κ3) is 10.5.